The van der Waals surface area contributed by atoms with Crippen molar-refractivity contribution in [2.45, 2.75) is 71.6 Å². The van der Waals surface area contributed by atoms with Crippen LogP contribution in [0.2, 0.25) is 0 Å². The summed E-state index contributed by atoms with van der Waals surface area (Å²) in [5, 5.41) is 6.99. The summed E-state index contributed by atoms with van der Waals surface area (Å²) in [7, 11) is 0. The number of fused-ring (bicyclic) bond motifs is 1. The number of esters is 1. The van der Waals surface area contributed by atoms with Crippen LogP contribution in [0.4, 0.5) is 10.6 Å². The molecule has 0 spiro atoms. The lowest BCUT2D eigenvalue weighted by molar-refractivity contribution is -0.147. The zero-order chi connectivity index (χ0) is 25.2. The quantitative estimate of drug-likeness (QED) is 0.441. The molecule has 1 saturated carbocycles. The van der Waals surface area contributed by atoms with Gasteiger partial charge in [0.1, 0.15) is 29.7 Å². The van der Waals surface area contributed by atoms with Crippen LogP contribution in [-0.4, -0.2) is 51.3 Å². The Balaban J connectivity index is 1.41. The number of aromatic amines is 1. The number of aryl methyl sites for hydroxylation is 2. The van der Waals surface area contributed by atoms with Crippen molar-refractivity contribution in [2.75, 3.05) is 11.9 Å². The molecule has 2 heterocycles. The van der Waals surface area contributed by atoms with E-state index in [0.717, 1.165) is 46.5 Å². The van der Waals surface area contributed by atoms with Crippen molar-refractivity contribution in [3.05, 3.63) is 41.6 Å². The molecule has 2 atom stereocenters. The molecule has 9 heteroatoms. The van der Waals surface area contributed by atoms with Crippen LogP contribution in [0.25, 0.3) is 22.4 Å². The molecule has 1 aromatic carbocycles. The average Bonchev–Trinajstić information content (AvgIpc) is 3.35. The summed E-state index contributed by atoms with van der Waals surface area (Å²) in [6, 6.07) is 9.98. The van der Waals surface area contributed by atoms with Gasteiger partial charge in [0.05, 0.1) is 5.39 Å². The number of rotatable bonds is 6. The normalized spacial score (nSPS) is 17.9. The van der Waals surface area contributed by atoms with Crippen LogP contribution in [0.1, 0.15) is 51.3 Å². The van der Waals surface area contributed by atoms with Gasteiger partial charge < -0.3 is 25.1 Å². The highest BCUT2D eigenvalue weighted by atomic mass is 16.6. The number of amides is 1. The summed E-state index contributed by atoms with van der Waals surface area (Å²) >= 11 is 0. The predicted octanol–water partition coefficient (Wildman–Crippen LogP) is 4.64. The minimum Gasteiger partial charge on any atom is -0.461 e. The number of nitrogens with zero attached hydrogens (tertiary/aromatic N) is 2. The molecule has 3 aromatic rings. The van der Waals surface area contributed by atoms with Crippen molar-refractivity contribution >= 4 is 28.9 Å². The van der Waals surface area contributed by atoms with Crippen molar-refractivity contribution in [1.82, 2.24) is 20.3 Å². The molecule has 2 aromatic heterocycles. The number of nitrogens with one attached hydrogen (secondary N) is 3. The molecule has 9 nitrogen and oxygen atoms in total. The van der Waals surface area contributed by atoms with Gasteiger partial charge in [0.25, 0.3) is 0 Å². The number of carbonyl (C=O) groups is 2. The average molecular weight is 480 g/mol. The Morgan fingerprint density at radius 2 is 1.86 bits per heavy atom. The van der Waals surface area contributed by atoms with Gasteiger partial charge in [0.15, 0.2) is 5.82 Å². The topological polar surface area (TPSA) is 118 Å². The zero-order valence-electron chi connectivity index (χ0n) is 20.9. The fourth-order valence-electron chi connectivity index (χ4n) is 4.24. The van der Waals surface area contributed by atoms with E-state index in [0.29, 0.717) is 12.2 Å². The molecule has 0 unspecified atom stereocenters. The molecular weight excluding hydrogens is 446 g/mol. The van der Waals surface area contributed by atoms with Gasteiger partial charge in [0.2, 0.25) is 0 Å². The number of benzene rings is 1. The van der Waals surface area contributed by atoms with Crippen molar-refractivity contribution in [2.24, 2.45) is 0 Å². The molecule has 3 N–H and O–H groups in total. The van der Waals surface area contributed by atoms with Gasteiger partial charge in [-0.05, 0) is 53.0 Å². The van der Waals surface area contributed by atoms with E-state index >= 15 is 0 Å². The van der Waals surface area contributed by atoms with Crippen molar-refractivity contribution in [3.8, 4) is 11.4 Å². The minimum absolute atomic E-state index is 0.0999. The maximum atomic E-state index is 12.2. The van der Waals surface area contributed by atoms with Gasteiger partial charge in [-0.3, -0.25) is 4.79 Å². The second-order valence-corrected chi connectivity index (χ2v) is 9.98. The number of alkyl carbamates (subject to hydrolysis) is 1. The van der Waals surface area contributed by atoms with Crippen LogP contribution in [0.15, 0.2) is 30.3 Å². The predicted molar refractivity (Wildman–Crippen MR) is 134 cm³/mol. The molecule has 0 radical (unpaired) electrons. The third-order valence-electron chi connectivity index (χ3n) is 5.98. The summed E-state index contributed by atoms with van der Waals surface area (Å²) < 4.78 is 10.7. The lowest BCUT2D eigenvalue weighted by Gasteiger charge is -2.20. The lowest BCUT2D eigenvalue weighted by Crippen LogP contribution is -2.36. The highest BCUT2D eigenvalue weighted by molar-refractivity contribution is 5.93. The van der Waals surface area contributed by atoms with E-state index in [1.54, 1.807) is 20.8 Å². The largest absolute Gasteiger partial charge is 0.461 e. The number of ether oxygens (including phenoxy) is 2. The van der Waals surface area contributed by atoms with Crippen LogP contribution in [0.5, 0.6) is 0 Å². The Hall–Kier alpha value is -3.62. The molecule has 1 aliphatic carbocycles. The smallest absolute Gasteiger partial charge is 0.408 e. The third-order valence-corrected chi connectivity index (χ3v) is 5.98. The highest BCUT2D eigenvalue weighted by Crippen LogP contribution is 2.32. The summed E-state index contributed by atoms with van der Waals surface area (Å²) in [6.07, 6.45) is 1.37. The van der Waals surface area contributed by atoms with Gasteiger partial charge >= 0.3 is 12.1 Å². The van der Waals surface area contributed by atoms with Crippen molar-refractivity contribution in [3.63, 3.8) is 0 Å². The Kier molecular flexibility index (Phi) is 6.95. The summed E-state index contributed by atoms with van der Waals surface area (Å²) in [4.78, 5) is 37.0. The number of hydrogen-bond acceptors (Lipinski definition) is 7. The molecule has 0 saturated heterocycles. The molecule has 1 fully saturated rings. The summed E-state index contributed by atoms with van der Waals surface area (Å²) in [5.41, 5.74) is 3.28. The van der Waals surface area contributed by atoms with E-state index < -0.39 is 17.7 Å². The van der Waals surface area contributed by atoms with Crippen LogP contribution in [-0.2, 0) is 14.3 Å². The van der Waals surface area contributed by atoms with Gasteiger partial charge in [-0.15, -0.1) is 0 Å². The van der Waals surface area contributed by atoms with E-state index in [4.69, 9.17) is 19.4 Å². The molecule has 0 aliphatic heterocycles. The second-order valence-electron chi connectivity index (χ2n) is 9.98. The van der Waals surface area contributed by atoms with E-state index in [2.05, 4.69) is 22.5 Å². The Bertz CT molecular complexity index is 1220. The molecule has 4 rings (SSSR count). The van der Waals surface area contributed by atoms with Gasteiger partial charge in [-0.1, -0.05) is 30.3 Å². The Labute approximate surface area is 205 Å². The molecule has 0 bridgehead atoms. The van der Waals surface area contributed by atoms with Crippen molar-refractivity contribution < 1.29 is 19.1 Å². The lowest BCUT2D eigenvalue weighted by atomic mass is 10.1. The second kappa shape index (κ2) is 9.93. The Morgan fingerprint density at radius 1 is 1.11 bits per heavy atom. The van der Waals surface area contributed by atoms with Gasteiger partial charge in [-0.25, -0.2) is 14.8 Å². The maximum absolute atomic E-state index is 12.2. The Morgan fingerprint density at radius 3 is 2.57 bits per heavy atom. The van der Waals surface area contributed by atoms with Gasteiger partial charge in [-0.2, -0.15) is 0 Å². The first kappa shape index (κ1) is 24.5. The zero-order valence-corrected chi connectivity index (χ0v) is 20.9. The SMILES string of the molecule is Cc1[nH]c2nc(-c3ccccc3)nc(N[C@@H]3CC[C@H](OC(=O)CNC(=O)OC(C)(C)C)C3)c2c1C. The molecule has 1 amide bonds. The maximum Gasteiger partial charge on any atom is 0.408 e. The number of anilines is 1. The van der Waals surface area contributed by atoms with Gasteiger partial charge in [0, 0.05) is 23.7 Å². The monoisotopic (exact) mass is 479 g/mol. The number of hydrogen-bond donors (Lipinski definition) is 3. The minimum atomic E-state index is -0.639. The first-order valence-corrected chi connectivity index (χ1v) is 11.9. The fourth-order valence-corrected chi connectivity index (χ4v) is 4.24. The highest BCUT2D eigenvalue weighted by Gasteiger charge is 2.29. The van der Waals surface area contributed by atoms with E-state index in [9.17, 15) is 9.59 Å². The van der Waals surface area contributed by atoms with Crippen LogP contribution < -0.4 is 10.6 Å². The molecular formula is C26H33N5O4. The van der Waals surface area contributed by atoms with Crippen LogP contribution in [0.3, 0.4) is 0 Å². The van der Waals surface area contributed by atoms with E-state index in [1.807, 2.05) is 37.3 Å². The summed E-state index contributed by atoms with van der Waals surface area (Å²) in [5.74, 6) is 0.949. The first-order valence-electron chi connectivity index (χ1n) is 11.9. The molecule has 1 aliphatic rings. The molecule has 186 valence electrons. The van der Waals surface area contributed by atoms with Crippen LogP contribution >= 0.6 is 0 Å². The standard InChI is InChI=1S/C26H33N5O4/c1-15-16(2)28-23-21(15)24(31-22(30-23)17-9-7-6-8-10-17)29-18-11-12-19(13-18)34-20(32)14-27-25(33)35-26(3,4)5/h6-10,18-19H,11-14H2,1-5H3,(H,27,33)(H2,28,29,30,31)/t18-,19+/m1/s1. The first-order chi connectivity index (χ1) is 16.6. The van der Waals surface area contributed by atoms with E-state index in [-0.39, 0.29) is 18.7 Å². The number of carbonyl (C=O) groups excluding carboxylic acids is 2. The van der Waals surface area contributed by atoms with E-state index in [1.165, 1.54) is 0 Å². The van der Waals surface area contributed by atoms with Crippen LogP contribution in [0, 0.1) is 13.8 Å². The van der Waals surface area contributed by atoms with Crippen molar-refractivity contribution in [1.29, 1.82) is 0 Å². The number of aromatic nitrogens is 3. The fraction of sp³-hybridized carbons (Fsp3) is 0.462. The third kappa shape index (κ3) is 6.09. The number of H-pyrrole nitrogens is 1. The summed E-state index contributed by atoms with van der Waals surface area (Å²) in [6.45, 7) is 9.16. The molecule has 35 heavy (non-hydrogen) atoms.